The molecule has 1 heterocycles. The van der Waals surface area contributed by atoms with Gasteiger partial charge in [-0.1, -0.05) is 19.8 Å². The summed E-state index contributed by atoms with van der Waals surface area (Å²) in [5.41, 5.74) is 0. The Labute approximate surface area is 110 Å². The quantitative estimate of drug-likeness (QED) is 0.791. The van der Waals surface area contributed by atoms with Gasteiger partial charge < -0.3 is 10.4 Å². The van der Waals surface area contributed by atoms with E-state index in [1.165, 1.54) is 12.8 Å². The van der Waals surface area contributed by atoms with E-state index in [0.717, 1.165) is 38.8 Å². The van der Waals surface area contributed by atoms with E-state index in [1.54, 1.807) is 0 Å². The Morgan fingerprint density at radius 1 is 1.33 bits per heavy atom. The highest BCUT2D eigenvalue weighted by Gasteiger charge is 2.27. The van der Waals surface area contributed by atoms with Crippen LogP contribution in [0.2, 0.25) is 0 Å². The Hall–Kier alpha value is -0.610. The van der Waals surface area contributed by atoms with Crippen molar-refractivity contribution in [2.24, 2.45) is 5.92 Å². The normalized spacial score (nSPS) is 30.6. The third-order valence-electron chi connectivity index (χ3n) is 4.39. The van der Waals surface area contributed by atoms with Crippen LogP contribution >= 0.6 is 0 Å². The van der Waals surface area contributed by atoms with E-state index in [1.807, 2.05) is 0 Å². The molecule has 2 rings (SSSR count). The molecule has 1 saturated carbocycles. The summed E-state index contributed by atoms with van der Waals surface area (Å²) in [6.07, 6.45) is 6.39. The Balaban J connectivity index is 1.73. The van der Waals surface area contributed by atoms with Gasteiger partial charge >= 0.3 is 0 Å². The molecule has 2 atom stereocenters. The van der Waals surface area contributed by atoms with Crippen LogP contribution in [0, 0.1) is 5.92 Å². The third-order valence-corrected chi connectivity index (χ3v) is 4.39. The lowest BCUT2D eigenvalue weighted by atomic mass is 9.92. The molecule has 0 spiro atoms. The summed E-state index contributed by atoms with van der Waals surface area (Å²) in [7, 11) is 0. The zero-order valence-electron chi connectivity index (χ0n) is 11.4. The van der Waals surface area contributed by atoms with Crippen LogP contribution in [0.15, 0.2) is 0 Å². The number of aliphatic hydroxyl groups excluding tert-OH is 1. The van der Waals surface area contributed by atoms with Gasteiger partial charge in [0.25, 0.3) is 0 Å². The molecule has 2 fully saturated rings. The van der Waals surface area contributed by atoms with Crippen molar-refractivity contribution in [3.8, 4) is 0 Å². The molecule has 0 bridgehead atoms. The van der Waals surface area contributed by atoms with Gasteiger partial charge in [-0.2, -0.15) is 0 Å². The number of piperidine rings is 1. The SMILES string of the molecule is CCC1CN(CC(=O)NC2CCCC2)CCC1O. The fourth-order valence-electron chi connectivity index (χ4n) is 3.19. The second-order valence-corrected chi connectivity index (χ2v) is 5.81. The van der Waals surface area contributed by atoms with Gasteiger partial charge in [0, 0.05) is 19.1 Å². The summed E-state index contributed by atoms with van der Waals surface area (Å²) >= 11 is 0. The fraction of sp³-hybridized carbons (Fsp3) is 0.929. The number of amides is 1. The number of nitrogens with zero attached hydrogens (tertiary/aromatic N) is 1. The Morgan fingerprint density at radius 3 is 2.72 bits per heavy atom. The third kappa shape index (κ3) is 3.69. The molecule has 2 aliphatic rings. The van der Waals surface area contributed by atoms with Gasteiger partial charge in [0.15, 0.2) is 0 Å². The predicted molar refractivity (Wildman–Crippen MR) is 71.2 cm³/mol. The Morgan fingerprint density at radius 2 is 2.06 bits per heavy atom. The first-order chi connectivity index (χ1) is 8.69. The molecule has 4 nitrogen and oxygen atoms in total. The number of hydrogen-bond acceptors (Lipinski definition) is 3. The van der Waals surface area contributed by atoms with Crippen molar-refractivity contribution in [1.82, 2.24) is 10.2 Å². The molecule has 1 saturated heterocycles. The van der Waals surface area contributed by atoms with Crippen molar-refractivity contribution < 1.29 is 9.90 Å². The molecule has 2 unspecified atom stereocenters. The molecule has 1 amide bonds. The molecule has 2 N–H and O–H groups in total. The van der Waals surface area contributed by atoms with E-state index < -0.39 is 0 Å². The van der Waals surface area contributed by atoms with Crippen molar-refractivity contribution in [2.75, 3.05) is 19.6 Å². The second kappa shape index (κ2) is 6.53. The molecule has 0 aromatic carbocycles. The van der Waals surface area contributed by atoms with Crippen LogP contribution in [0.3, 0.4) is 0 Å². The van der Waals surface area contributed by atoms with Crippen LogP contribution in [0.25, 0.3) is 0 Å². The van der Waals surface area contributed by atoms with E-state index in [9.17, 15) is 9.90 Å². The molecule has 0 radical (unpaired) electrons. The monoisotopic (exact) mass is 254 g/mol. The van der Waals surface area contributed by atoms with Gasteiger partial charge in [0.2, 0.25) is 5.91 Å². The van der Waals surface area contributed by atoms with Gasteiger partial charge in [0.1, 0.15) is 0 Å². The minimum absolute atomic E-state index is 0.160. The molecule has 1 aliphatic heterocycles. The summed E-state index contributed by atoms with van der Waals surface area (Å²) < 4.78 is 0. The zero-order valence-corrected chi connectivity index (χ0v) is 11.4. The minimum Gasteiger partial charge on any atom is -0.393 e. The summed E-state index contributed by atoms with van der Waals surface area (Å²) in [6.45, 7) is 4.31. The van der Waals surface area contributed by atoms with Crippen molar-refractivity contribution in [3.05, 3.63) is 0 Å². The van der Waals surface area contributed by atoms with Gasteiger partial charge in [-0.3, -0.25) is 9.69 Å². The highest BCUT2D eigenvalue weighted by molar-refractivity contribution is 5.78. The molecule has 104 valence electrons. The lowest BCUT2D eigenvalue weighted by Gasteiger charge is -2.35. The maximum atomic E-state index is 11.9. The standard InChI is InChI=1S/C14H26N2O2/c1-2-11-9-16(8-7-13(11)17)10-14(18)15-12-5-3-4-6-12/h11-13,17H,2-10H2,1H3,(H,15,18). The van der Waals surface area contributed by atoms with Crippen LogP contribution in [0.5, 0.6) is 0 Å². The largest absolute Gasteiger partial charge is 0.393 e. The molecule has 4 heteroatoms. The van der Waals surface area contributed by atoms with Gasteiger partial charge in [0.05, 0.1) is 12.6 Å². The maximum absolute atomic E-state index is 11.9. The van der Waals surface area contributed by atoms with Crippen LogP contribution in [0.1, 0.15) is 45.4 Å². The smallest absolute Gasteiger partial charge is 0.234 e. The number of carbonyl (C=O) groups is 1. The van der Waals surface area contributed by atoms with E-state index in [-0.39, 0.29) is 12.0 Å². The van der Waals surface area contributed by atoms with Crippen LogP contribution in [0.4, 0.5) is 0 Å². The Kier molecular flexibility index (Phi) is 5.01. The van der Waals surface area contributed by atoms with Gasteiger partial charge in [-0.05, 0) is 31.6 Å². The van der Waals surface area contributed by atoms with E-state index in [0.29, 0.717) is 18.5 Å². The van der Waals surface area contributed by atoms with Crippen LogP contribution < -0.4 is 5.32 Å². The van der Waals surface area contributed by atoms with Crippen molar-refractivity contribution >= 4 is 5.91 Å². The average Bonchev–Trinajstić information content (AvgIpc) is 2.84. The van der Waals surface area contributed by atoms with Gasteiger partial charge in [-0.15, -0.1) is 0 Å². The number of rotatable bonds is 4. The second-order valence-electron chi connectivity index (χ2n) is 5.81. The number of likely N-dealkylation sites (tertiary alicyclic amines) is 1. The number of hydrogen-bond donors (Lipinski definition) is 2. The average molecular weight is 254 g/mol. The first-order valence-electron chi connectivity index (χ1n) is 7.38. The first kappa shape index (κ1) is 13.8. The van der Waals surface area contributed by atoms with Crippen molar-refractivity contribution in [3.63, 3.8) is 0 Å². The minimum atomic E-state index is -0.177. The summed E-state index contributed by atoms with van der Waals surface area (Å²) in [5, 5.41) is 13.0. The maximum Gasteiger partial charge on any atom is 0.234 e. The van der Waals surface area contributed by atoms with Crippen molar-refractivity contribution in [1.29, 1.82) is 0 Å². The molecular formula is C14H26N2O2. The number of nitrogens with one attached hydrogen (secondary N) is 1. The van der Waals surface area contributed by atoms with Crippen molar-refractivity contribution in [2.45, 2.75) is 57.6 Å². The molecular weight excluding hydrogens is 228 g/mol. The van der Waals surface area contributed by atoms with Gasteiger partial charge in [-0.25, -0.2) is 0 Å². The molecule has 0 aromatic rings. The number of aliphatic hydroxyl groups is 1. The van der Waals surface area contributed by atoms with E-state index >= 15 is 0 Å². The molecule has 18 heavy (non-hydrogen) atoms. The van der Waals surface area contributed by atoms with E-state index in [2.05, 4.69) is 17.1 Å². The molecule has 0 aromatic heterocycles. The lowest BCUT2D eigenvalue weighted by Crippen LogP contribution is -2.48. The highest BCUT2D eigenvalue weighted by Crippen LogP contribution is 2.20. The topological polar surface area (TPSA) is 52.6 Å². The predicted octanol–water partition coefficient (Wildman–Crippen LogP) is 1.14. The van der Waals surface area contributed by atoms with E-state index in [4.69, 9.17) is 0 Å². The fourth-order valence-corrected chi connectivity index (χ4v) is 3.19. The summed E-state index contributed by atoms with van der Waals surface area (Å²) in [5.74, 6) is 0.492. The zero-order chi connectivity index (χ0) is 13.0. The van der Waals surface area contributed by atoms with Crippen LogP contribution in [-0.4, -0.2) is 47.7 Å². The first-order valence-corrected chi connectivity index (χ1v) is 7.38. The highest BCUT2D eigenvalue weighted by atomic mass is 16.3. The summed E-state index contributed by atoms with van der Waals surface area (Å²) in [4.78, 5) is 14.1. The lowest BCUT2D eigenvalue weighted by molar-refractivity contribution is -0.124. The van der Waals surface area contributed by atoms with Crippen LogP contribution in [-0.2, 0) is 4.79 Å². The summed E-state index contributed by atoms with van der Waals surface area (Å²) in [6, 6.07) is 0.412. The number of carbonyl (C=O) groups excluding carboxylic acids is 1. The Bertz CT molecular complexity index is 277. The molecule has 1 aliphatic carbocycles.